The number of carbonyl (C=O) groups is 1. The second kappa shape index (κ2) is 11.8. The van der Waals surface area contributed by atoms with Crippen molar-refractivity contribution >= 4 is 84.8 Å². The molecule has 0 fully saturated rings. The highest BCUT2D eigenvalue weighted by Crippen LogP contribution is 2.29. The number of nitrogens with one attached hydrogen (secondary N) is 1. The topological polar surface area (TPSA) is 68.8 Å². The number of rotatable bonds is 7. The molecule has 3 aromatic carbocycles. The Bertz CT molecular complexity index is 1730. The first-order valence-corrected chi connectivity index (χ1v) is 14.4. The van der Waals surface area contributed by atoms with E-state index in [1.807, 2.05) is 62.4 Å². The fourth-order valence-corrected chi connectivity index (χ4v) is 6.33. The van der Waals surface area contributed by atoms with Crippen molar-refractivity contribution in [3.8, 4) is 11.4 Å². The maximum atomic E-state index is 12.6. The van der Waals surface area contributed by atoms with Gasteiger partial charge in [-0.2, -0.15) is 5.10 Å². The molecule has 0 bridgehead atoms. The minimum atomic E-state index is -0.418. The van der Waals surface area contributed by atoms with E-state index in [-0.39, 0.29) is 5.76 Å². The van der Waals surface area contributed by atoms with Gasteiger partial charge >= 0.3 is 5.91 Å². The van der Waals surface area contributed by atoms with Crippen LogP contribution in [-0.2, 0) is 6.61 Å². The van der Waals surface area contributed by atoms with Crippen LogP contribution >= 0.6 is 61.7 Å². The highest BCUT2D eigenvalue weighted by molar-refractivity contribution is 14.1. The summed E-state index contributed by atoms with van der Waals surface area (Å²) in [6.45, 7) is 4.36. The molecule has 0 atom stereocenters. The van der Waals surface area contributed by atoms with Crippen molar-refractivity contribution in [2.75, 3.05) is 0 Å². The number of fused-ring (bicyclic) bond motifs is 1. The Hall–Kier alpha value is -2.79. The van der Waals surface area contributed by atoms with Crippen LogP contribution in [0, 0.1) is 17.4 Å². The van der Waals surface area contributed by atoms with E-state index in [2.05, 4.69) is 53.6 Å². The Balaban J connectivity index is 1.26. The van der Waals surface area contributed by atoms with Gasteiger partial charge in [0.15, 0.2) is 5.76 Å². The normalized spacial score (nSPS) is 11.4. The van der Waals surface area contributed by atoms with Gasteiger partial charge in [-0.05, 0) is 97.1 Å². The zero-order chi connectivity index (χ0) is 27.7. The Morgan fingerprint density at radius 3 is 2.62 bits per heavy atom. The number of hydrogen-bond acceptors (Lipinski definition) is 4. The van der Waals surface area contributed by atoms with E-state index < -0.39 is 5.91 Å². The van der Waals surface area contributed by atoms with Crippen molar-refractivity contribution in [2.24, 2.45) is 5.10 Å². The van der Waals surface area contributed by atoms with Crippen molar-refractivity contribution in [3.05, 3.63) is 113 Å². The highest BCUT2D eigenvalue weighted by atomic mass is 127. The Morgan fingerprint density at radius 1 is 1.10 bits per heavy atom. The van der Waals surface area contributed by atoms with Gasteiger partial charge in [0.2, 0.25) is 0 Å². The maximum absolute atomic E-state index is 12.6. The Kier molecular flexibility index (Phi) is 8.37. The standard InChI is InChI=1S/C29H21BrCl2IN3O3/c1-16-9-20(14-34-35-29(37)27-11-19-10-21(30)12-26(33)28(19)39-27)17(2)36(16)23-5-7-24(8-6-23)38-15-18-3-4-22(31)13-25(18)32/h3-14H,15H2,1-2H3,(H,35,37)/b34-14-. The van der Waals surface area contributed by atoms with Crippen molar-refractivity contribution in [1.82, 2.24) is 9.99 Å². The fourth-order valence-electron chi connectivity index (χ4n) is 4.21. The van der Waals surface area contributed by atoms with E-state index in [0.29, 0.717) is 22.2 Å². The summed E-state index contributed by atoms with van der Waals surface area (Å²) >= 11 is 17.9. The first kappa shape index (κ1) is 27.8. The summed E-state index contributed by atoms with van der Waals surface area (Å²) in [5.41, 5.74) is 7.96. The fraction of sp³-hybridized carbons (Fsp3) is 0.103. The van der Waals surface area contributed by atoms with Gasteiger partial charge in [-0.25, -0.2) is 5.43 Å². The second-order valence-electron chi connectivity index (χ2n) is 8.80. The monoisotopic (exact) mass is 735 g/mol. The smallest absolute Gasteiger partial charge is 0.307 e. The predicted octanol–water partition coefficient (Wildman–Crippen LogP) is 8.86. The van der Waals surface area contributed by atoms with Crippen molar-refractivity contribution in [3.63, 3.8) is 0 Å². The first-order chi connectivity index (χ1) is 18.7. The third-order valence-electron chi connectivity index (χ3n) is 6.10. The molecule has 1 amide bonds. The molecule has 6 nitrogen and oxygen atoms in total. The van der Waals surface area contributed by atoms with Crippen LogP contribution in [0.2, 0.25) is 10.0 Å². The summed E-state index contributed by atoms with van der Waals surface area (Å²) in [7, 11) is 0. The average Bonchev–Trinajstić information content (AvgIpc) is 3.44. The maximum Gasteiger partial charge on any atom is 0.307 e. The Morgan fingerprint density at radius 2 is 1.87 bits per heavy atom. The number of aryl methyl sites for hydroxylation is 1. The molecule has 0 spiro atoms. The lowest BCUT2D eigenvalue weighted by molar-refractivity contribution is 0.0929. The molecule has 198 valence electrons. The van der Waals surface area contributed by atoms with Crippen LogP contribution in [0.25, 0.3) is 16.7 Å². The summed E-state index contributed by atoms with van der Waals surface area (Å²) in [5.74, 6) is 0.507. The van der Waals surface area contributed by atoms with E-state index in [0.717, 1.165) is 47.4 Å². The quantitative estimate of drug-likeness (QED) is 0.103. The number of benzene rings is 3. The van der Waals surface area contributed by atoms with E-state index in [1.54, 1.807) is 24.4 Å². The van der Waals surface area contributed by atoms with Gasteiger partial charge in [-0.15, -0.1) is 0 Å². The van der Waals surface area contributed by atoms with E-state index in [1.165, 1.54) is 0 Å². The number of hydrazone groups is 1. The molecule has 0 aliphatic rings. The van der Waals surface area contributed by atoms with Gasteiger partial charge in [-0.1, -0.05) is 45.2 Å². The lowest BCUT2D eigenvalue weighted by Crippen LogP contribution is -2.16. The van der Waals surface area contributed by atoms with Gasteiger partial charge in [0.05, 0.1) is 9.78 Å². The summed E-state index contributed by atoms with van der Waals surface area (Å²) in [5, 5.41) is 6.18. The van der Waals surface area contributed by atoms with Crippen LogP contribution in [0.1, 0.15) is 33.1 Å². The molecule has 5 rings (SSSR count). The number of nitrogens with zero attached hydrogens (tertiary/aromatic N) is 2. The van der Waals surface area contributed by atoms with Crippen LogP contribution in [0.15, 0.2) is 80.7 Å². The molecular formula is C29H21BrCl2IN3O3. The second-order valence-corrected chi connectivity index (χ2v) is 11.7. The van der Waals surface area contributed by atoms with Crippen molar-refractivity contribution in [2.45, 2.75) is 20.5 Å². The molecule has 0 aliphatic heterocycles. The number of hydrogen-bond donors (Lipinski definition) is 1. The van der Waals surface area contributed by atoms with Gasteiger partial charge in [0, 0.05) is 48.1 Å². The third-order valence-corrected chi connectivity index (χ3v) is 7.95. The van der Waals surface area contributed by atoms with E-state index in [9.17, 15) is 4.79 Å². The summed E-state index contributed by atoms with van der Waals surface area (Å²) in [4.78, 5) is 12.6. The minimum Gasteiger partial charge on any atom is -0.489 e. The largest absolute Gasteiger partial charge is 0.489 e. The summed E-state index contributed by atoms with van der Waals surface area (Å²) < 4.78 is 15.6. The Labute approximate surface area is 257 Å². The van der Waals surface area contributed by atoms with Gasteiger partial charge < -0.3 is 13.7 Å². The summed E-state index contributed by atoms with van der Waals surface area (Å²) in [6.07, 6.45) is 1.63. The van der Waals surface area contributed by atoms with Crippen molar-refractivity contribution in [1.29, 1.82) is 0 Å². The van der Waals surface area contributed by atoms with Crippen molar-refractivity contribution < 1.29 is 13.9 Å². The zero-order valence-electron chi connectivity index (χ0n) is 20.8. The number of aromatic nitrogens is 1. The molecule has 0 radical (unpaired) electrons. The van der Waals surface area contributed by atoms with Gasteiger partial charge in [-0.3, -0.25) is 4.79 Å². The van der Waals surface area contributed by atoms with Gasteiger partial charge in [0.25, 0.3) is 0 Å². The molecule has 0 saturated carbocycles. The molecule has 2 heterocycles. The lowest BCUT2D eigenvalue weighted by Gasteiger charge is -2.12. The molecule has 0 unspecified atom stereocenters. The predicted molar refractivity (Wildman–Crippen MR) is 168 cm³/mol. The van der Waals surface area contributed by atoms with Gasteiger partial charge in [0.1, 0.15) is 17.9 Å². The van der Waals surface area contributed by atoms with Crippen LogP contribution in [-0.4, -0.2) is 16.7 Å². The minimum absolute atomic E-state index is 0.198. The number of ether oxygens (including phenoxy) is 1. The molecule has 39 heavy (non-hydrogen) atoms. The molecule has 0 aliphatic carbocycles. The summed E-state index contributed by atoms with van der Waals surface area (Å²) in [6, 6.07) is 20.7. The third kappa shape index (κ3) is 6.19. The lowest BCUT2D eigenvalue weighted by atomic mass is 10.2. The van der Waals surface area contributed by atoms with E-state index in [4.69, 9.17) is 32.4 Å². The zero-order valence-corrected chi connectivity index (χ0v) is 26.0. The highest BCUT2D eigenvalue weighted by Gasteiger charge is 2.15. The molecule has 2 aromatic heterocycles. The molecule has 0 saturated heterocycles. The average molecular weight is 737 g/mol. The number of carbonyl (C=O) groups excluding carboxylic acids is 1. The molecular weight excluding hydrogens is 716 g/mol. The molecule has 10 heteroatoms. The first-order valence-electron chi connectivity index (χ1n) is 11.8. The SMILES string of the molecule is Cc1cc(/C=N\NC(=O)c2cc3cc(Br)cc(I)c3o2)c(C)n1-c1ccc(OCc2ccc(Cl)cc2Cl)cc1. The van der Waals surface area contributed by atoms with E-state index >= 15 is 0 Å². The van der Waals surface area contributed by atoms with Crippen LogP contribution < -0.4 is 10.2 Å². The van der Waals surface area contributed by atoms with Crippen LogP contribution in [0.5, 0.6) is 5.75 Å². The molecule has 5 aromatic rings. The number of amides is 1. The number of furan rings is 1. The number of halogens is 4. The van der Waals surface area contributed by atoms with Crippen LogP contribution in [0.3, 0.4) is 0 Å². The molecule has 1 N–H and O–H groups in total. The van der Waals surface area contributed by atoms with Crippen LogP contribution in [0.4, 0.5) is 0 Å².